The van der Waals surface area contributed by atoms with Crippen molar-refractivity contribution in [3.05, 3.63) is 128 Å². The number of nitrogens with zero attached hydrogens (tertiary/aromatic N) is 2. The predicted octanol–water partition coefficient (Wildman–Crippen LogP) is 9.86. The molecule has 0 unspecified atom stereocenters. The van der Waals surface area contributed by atoms with Gasteiger partial charge in [0.1, 0.15) is 16.3 Å². The Morgan fingerprint density at radius 2 is 1.32 bits per heavy atom. The normalized spacial score (nSPS) is 11.6. The zero-order valence-corrected chi connectivity index (χ0v) is 22.2. The summed E-state index contributed by atoms with van der Waals surface area (Å²) in [6.45, 7) is 0. The second-order valence-electron chi connectivity index (χ2n) is 10.0. The lowest BCUT2D eigenvalue weighted by Crippen LogP contribution is -1.89. The molecule has 0 aliphatic rings. The van der Waals surface area contributed by atoms with Crippen molar-refractivity contribution >= 4 is 54.0 Å². The van der Waals surface area contributed by atoms with Gasteiger partial charge in [-0.3, -0.25) is 4.98 Å². The Morgan fingerprint density at radius 3 is 2.23 bits per heavy atom. The van der Waals surface area contributed by atoms with Crippen LogP contribution in [0.25, 0.3) is 75.5 Å². The third-order valence-electron chi connectivity index (χ3n) is 7.64. The molecule has 6 aromatic carbocycles. The van der Waals surface area contributed by atoms with Gasteiger partial charge in [0, 0.05) is 17.1 Å². The number of thiazole rings is 1. The van der Waals surface area contributed by atoms with Gasteiger partial charge in [-0.1, -0.05) is 78.9 Å². The highest BCUT2D eigenvalue weighted by molar-refractivity contribution is 7.21. The maximum absolute atomic E-state index is 10.5. The van der Waals surface area contributed by atoms with Crippen LogP contribution in [0.2, 0.25) is 0 Å². The van der Waals surface area contributed by atoms with Crippen LogP contribution < -0.4 is 0 Å². The summed E-state index contributed by atoms with van der Waals surface area (Å²) < 4.78 is 1.20. The maximum Gasteiger partial charge on any atom is 0.141 e. The summed E-state index contributed by atoms with van der Waals surface area (Å²) in [4.78, 5) is 9.29. The maximum atomic E-state index is 10.5. The van der Waals surface area contributed by atoms with Gasteiger partial charge < -0.3 is 5.11 Å². The van der Waals surface area contributed by atoms with Gasteiger partial charge in [-0.25, -0.2) is 4.98 Å². The van der Waals surface area contributed by atoms with E-state index < -0.39 is 0 Å². The first-order valence-electron chi connectivity index (χ1n) is 13.2. The van der Waals surface area contributed by atoms with Crippen molar-refractivity contribution in [3.8, 4) is 38.6 Å². The van der Waals surface area contributed by atoms with Gasteiger partial charge in [0.25, 0.3) is 0 Å². The number of para-hydroxylation sites is 1. The van der Waals surface area contributed by atoms with Crippen LogP contribution in [0.5, 0.6) is 5.75 Å². The fourth-order valence-corrected chi connectivity index (χ4v) is 6.69. The first kappa shape index (κ1) is 22.9. The van der Waals surface area contributed by atoms with Crippen molar-refractivity contribution in [1.82, 2.24) is 9.97 Å². The molecule has 2 aromatic heterocycles. The Kier molecular flexibility index (Phi) is 5.15. The molecule has 40 heavy (non-hydrogen) atoms. The second-order valence-corrected chi connectivity index (χ2v) is 11.0. The molecule has 3 nitrogen and oxygen atoms in total. The quantitative estimate of drug-likeness (QED) is 0.231. The van der Waals surface area contributed by atoms with Crippen LogP contribution >= 0.6 is 11.3 Å². The molecule has 0 spiro atoms. The molecule has 0 amide bonds. The van der Waals surface area contributed by atoms with E-state index in [0.29, 0.717) is 5.52 Å². The van der Waals surface area contributed by atoms with Gasteiger partial charge in [-0.2, -0.15) is 0 Å². The molecular weight excluding hydrogens is 508 g/mol. The average Bonchev–Trinajstić information content (AvgIpc) is 3.45. The van der Waals surface area contributed by atoms with E-state index in [1.165, 1.54) is 37.4 Å². The molecule has 1 N–H and O–H groups in total. The first-order valence-corrected chi connectivity index (χ1v) is 14.0. The van der Waals surface area contributed by atoms with Crippen LogP contribution in [0.1, 0.15) is 0 Å². The molecule has 8 rings (SSSR count). The number of phenols is 1. The lowest BCUT2D eigenvalue weighted by molar-refractivity contribution is 0.480. The van der Waals surface area contributed by atoms with Crippen LogP contribution in [0, 0.1) is 0 Å². The van der Waals surface area contributed by atoms with Crippen molar-refractivity contribution in [3.63, 3.8) is 0 Å². The average molecular weight is 531 g/mol. The Morgan fingerprint density at radius 1 is 0.575 bits per heavy atom. The second kappa shape index (κ2) is 9.01. The summed E-state index contributed by atoms with van der Waals surface area (Å²) >= 11 is 1.72. The predicted molar refractivity (Wildman–Crippen MR) is 168 cm³/mol. The fourth-order valence-electron chi connectivity index (χ4n) is 5.72. The van der Waals surface area contributed by atoms with Crippen molar-refractivity contribution < 1.29 is 5.11 Å². The van der Waals surface area contributed by atoms with Gasteiger partial charge in [-0.05, 0) is 86.3 Å². The van der Waals surface area contributed by atoms with Crippen LogP contribution in [0.3, 0.4) is 0 Å². The third kappa shape index (κ3) is 3.65. The summed E-state index contributed by atoms with van der Waals surface area (Å²) in [7, 11) is 0. The molecular formula is C36H22N2OS. The molecule has 0 atom stereocenters. The number of aromatic hydroxyl groups is 1. The molecule has 8 aromatic rings. The van der Waals surface area contributed by atoms with E-state index in [-0.39, 0.29) is 5.75 Å². The standard InChI is InChI=1S/C36H22N2OS/c39-32-18-17-29(30-8-5-19-37-35(30)32)34-27-7-2-1-6-25(27)21-26-20-24(15-16-28(26)34)22-11-13-23(14-12-22)36-38-31-9-3-4-10-33(31)40-36/h1-21,39H. The van der Waals surface area contributed by atoms with E-state index >= 15 is 0 Å². The summed E-state index contributed by atoms with van der Waals surface area (Å²) in [6.07, 6.45) is 1.72. The SMILES string of the molecule is Oc1ccc(-c2c3ccccc3cc3cc(-c4ccc(-c5nc6ccccc6s5)cc4)ccc23)c2cccnc12. The number of phenolic OH excluding ortho intramolecular Hbond substituents is 1. The van der Waals surface area contributed by atoms with Gasteiger partial charge >= 0.3 is 0 Å². The lowest BCUT2D eigenvalue weighted by atomic mass is 9.89. The Bertz CT molecular complexity index is 2200. The molecule has 4 heteroatoms. The minimum atomic E-state index is 0.195. The van der Waals surface area contributed by atoms with E-state index in [4.69, 9.17) is 4.98 Å². The zero-order valence-electron chi connectivity index (χ0n) is 21.4. The molecule has 0 saturated heterocycles. The van der Waals surface area contributed by atoms with Gasteiger partial charge in [0.15, 0.2) is 0 Å². The Labute approximate surface area is 234 Å². The molecule has 0 aliphatic carbocycles. The molecule has 0 radical (unpaired) electrons. The highest BCUT2D eigenvalue weighted by Gasteiger charge is 2.15. The van der Waals surface area contributed by atoms with Crippen LogP contribution in [0.4, 0.5) is 0 Å². The summed E-state index contributed by atoms with van der Waals surface area (Å²) in [5.74, 6) is 0.195. The number of rotatable bonds is 3. The van der Waals surface area contributed by atoms with E-state index in [2.05, 4.69) is 96.0 Å². The highest BCUT2D eigenvalue weighted by atomic mass is 32.1. The van der Waals surface area contributed by atoms with Gasteiger partial charge in [0.2, 0.25) is 0 Å². The third-order valence-corrected chi connectivity index (χ3v) is 8.72. The first-order chi connectivity index (χ1) is 19.7. The lowest BCUT2D eigenvalue weighted by Gasteiger charge is -2.15. The van der Waals surface area contributed by atoms with Crippen LogP contribution in [0.15, 0.2) is 128 Å². The van der Waals surface area contributed by atoms with Gasteiger partial charge in [0.05, 0.1) is 10.2 Å². The van der Waals surface area contributed by atoms with Crippen molar-refractivity contribution in [1.29, 1.82) is 0 Å². The smallest absolute Gasteiger partial charge is 0.141 e. The topological polar surface area (TPSA) is 46.0 Å². The zero-order chi connectivity index (χ0) is 26.6. The van der Waals surface area contributed by atoms with Crippen LogP contribution in [-0.4, -0.2) is 15.1 Å². The number of aromatic nitrogens is 2. The number of hydrogen-bond donors (Lipinski definition) is 1. The summed E-state index contributed by atoms with van der Waals surface area (Å²) in [5.41, 5.74) is 7.35. The number of fused-ring (bicyclic) bond motifs is 4. The van der Waals surface area contributed by atoms with Crippen molar-refractivity contribution in [2.45, 2.75) is 0 Å². The van der Waals surface area contributed by atoms with Crippen molar-refractivity contribution in [2.24, 2.45) is 0 Å². The minimum Gasteiger partial charge on any atom is -0.506 e. The van der Waals surface area contributed by atoms with E-state index in [9.17, 15) is 5.11 Å². The molecule has 0 saturated carbocycles. The molecule has 2 heterocycles. The van der Waals surface area contributed by atoms with E-state index in [1.54, 1.807) is 23.6 Å². The Hall–Kier alpha value is -5.06. The highest BCUT2D eigenvalue weighted by Crippen LogP contribution is 2.42. The molecule has 0 fully saturated rings. The monoisotopic (exact) mass is 530 g/mol. The van der Waals surface area contributed by atoms with Gasteiger partial charge in [-0.15, -0.1) is 11.3 Å². The summed E-state index contributed by atoms with van der Waals surface area (Å²) in [5, 5.41) is 17.2. The van der Waals surface area contributed by atoms with Crippen molar-refractivity contribution in [2.75, 3.05) is 0 Å². The number of hydrogen-bond acceptors (Lipinski definition) is 4. The van der Waals surface area contributed by atoms with Crippen LogP contribution in [-0.2, 0) is 0 Å². The molecule has 0 bridgehead atoms. The minimum absolute atomic E-state index is 0.195. The van der Waals surface area contributed by atoms with E-state index in [0.717, 1.165) is 32.6 Å². The molecule has 0 aliphatic heterocycles. The van der Waals surface area contributed by atoms with E-state index in [1.807, 2.05) is 24.3 Å². The Balaban J connectivity index is 1.28. The number of pyridine rings is 1. The molecule has 188 valence electrons. The summed E-state index contributed by atoms with van der Waals surface area (Å²) in [6, 6.07) is 42.2. The fraction of sp³-hybridized carbons (Fsp3) is 0. The largest absolute Gasteiger partial charge is 0.506 e. The number of benzene rings is 6.